The summed E-state index contributed by atoms with van der Waals surface area (Å²) < 4.78 is 5.26. The maximum Gasteiger partial charge on any atom is 0.247 e. The third-order valence-electron chi connectivity index (χ3n) is 5.06. The van der Waals surface area contributed by atoms with Crippen molar-refractivity contribution in [2.45, 2.75) is 20.8 Å². The number of phenols is 1. The van der Waals surface area contributed by atoms with Crippen molar-refractivity contribution in [3.8, 4) is 22.6 Å². The molecule has 1 heterocycles. The predicted molar refractivity (Wildman–Crippen MR) is 115 cm³/mol. The zero-order valence-electron chi connectivity index (χ0n) is 16.8. The largest absolute Gasteiger partial charge is 0.508 e. The minimum Gasteiger partial charge on any atom is -0.508 e. The molecule has 0 aliphatic heterocycles. The number of fused-ring (bicyclic) bond motifs is 1. The minimum atomic E-state index is 0.148. The monoisotopic (exact) mass is 386 g/mol. The van der Waals surface area contributed by atoms with Gasteiger partial charge in [-0.05, 0) is 78.9 Å². The summed E-state index contributed by atoms with van der Waals surface area (Å²) in [6.45, 7) is 6.12. The van der Waals surface area contributed by atoms with E-state index in [-0.39, 0.29) is 5.75 Å². The number of aryl methyl sites for hydroxylation is 2. The Kier molecular flexibility index (Phi) is 4.76. The molecule has 0 saturated heterocycles. The van der Waals surface area contributed by atoms with Crippen LogP contribution in [0.5, 0.6) is 11.5 Å². The highest BCUT2D eigenvalue weighted by atomic mass is 16.5. The fourth-order valence-corrected chi connectivity index (χ4v) is 3.31. The van der Waals surface area contributed by atoms with Crippen molar-refractivity contribution in [1.82, 2.24) is 15.2 Å². The van der Waals surface area contributed by atoms with Gasteiger partial charge in [0.25, 0.3) is 0 Å². The maximum atomic E-state index is 9.96. The van der Waals surface area contributed by atoms with E-state index in [1.807, 2.05) is 37.3 Å². The number of rotatable bonds is 4. The smallest absolute Gasteiger partial charge is 0.247 e. The molecule has 0 atom stereocenters. The molecule has 146 valence electrons. The Hall–Kier alpha value is -3.67. The molecule has 3 aromatic carbocycles. The van der Waals surface area contributed by atoms with E-state index >= 15 is 0 Å². The highest BCUT2D eigenvalue weighted by Gasteiger charge is 2.11. The summed E-state index contributed by atoms with van der Waals surface area (Å²) in [5.74, 6) is 1.20. The van der Waals surface area contributed by atoms with Gasteiger partial charge >= 0.3 is 0 Å². The lowest BCUT2D eigenvalue weighted by Gasteiger charge is -2.12. The summed E-state index contributed by atoms with van der Waals surface area (Å²) in [4.78, 5) is 4.67. The van der Waals surface area contributed by atoms with Crippen LogP contribution in [0.3, 0.4) is 0 Å². The number of aromatic nitrogens is 3. The van der Waals surface area contributed by atoms with E-state index in [4.69, 9.17) is 4.74 Å². The van der Waals surface area contributed by atoms with Crippen LogP contribution in [0.1, 0.15) is 16.7 Å². The Bertz CT molecular complexity index is 1220. The molecule has 0 unspecified atom stereocenters. The number of nitrogens with zero attached hydrogens (tertiary/aromatic N) is 3. The average Bonchev–Trinajstić information content (AvgIpc) is 2.71. The first kappa shape index (κ1) is 18.7. The first-order chi connectivity index (χ1) is 13.9. The van der Waals surface area contributed by atoms with Crippen LogP contribution in [0.4, 0.5) is 11.6 Å². The molecule has 0 bridgehead atoms. The lowest BCUT2D eigenvalue weighted by molar-refractivity contribution is 0.408. The Balaban J connectivity index is 1.74. The minimum absolute atomic E-state index is 0.148. The van der Waals surface area contributed by atoms with Crippen LogP contribution >= 0.6 is 0 Å². The standard InChI is InChI=1S/C23H22N4O2/c1-13-6-5-7-20(15(13)3)24-23-25-22-14(2)8-16(11-21(22)26-27-23)17-9-18(28)12-19(10-17)29-4/h5-12,28H,1-4H3,(H,24,25,27). The predicted octanol–water partition coefficient (Wildman–Crippen LogP) is 5.07. The SMILES string of the molecule is COc1cc(O)cc(-c2cc(C)c3nc(Nc4cccc(C)c4C)nnc3c2)c1. The summed E-state index contributed by atoms with van der Waals surface area (Å²) in [7, 11) is 1.57. The molecule has 29 heavy (non-hydrogen) atoms. The van der Waals surface area contributed by atoms with Gasteiger partial charge in [-0.15, -0.1) is 10.2 Å². The third-order valence-corrected chi connectivity index (χ3v) is 5.06. The molecule has 2 N–H and O–H groups in total. The van der Waals surface area contributed by atoms with Crippen LogP contribution in [0.2, 0.25) is 0 Å². The van der Waals surface area contributed by atoms with E-state index in [9.17, 15) is 5.11 Å². The average molecular weight is 386 g/mol. The molecule has 0 fully saturated rings. The normalized spacial score (nSPS) is 10.9. The van der Waals surface area contributed by atoms with Crippen molar-refractivity contribution in [3.05, 3.63) is 65.2 Å². The van der Waals surface area contributed by atoms with Gasteiger partial charge in [-0.25, -0.2) is 4.98 Å². The molecule has 4 aromatic rings. The van der Waals surface area contributed by atoms with E-state index in [1.54, 1.807) is 19.2 Å². The number of methoxy groups -OCH3 is 1. The van der Waals surface area contributed by atoms with Gasteiger partial charge in [-0.3, -0.25) is 0 Å². The summed E-state index contributed by atoms with van der Waals surface area (Å²) in [6.07, 6.45) is 0. The number of anilines is 2. The lowest BCUT2D eigenvalue weighted by Crippen LogP contribution is -2.02. The molecular weight excluding hydrogens is 364 g/mol. The number of phenolic OH excluding ortho intramolecular Hbond substituents is 1. The summed E-state index contributed by atoms with van der Waals surface area (Å²) >= 11 is 0. The quantitative estimate of drug-likeness (QED) is 0.509. The summed E-state index contributed by atoms with van der Waals surface area (Å²) in [5, 5.41) is 21.9. The Morgan fingerprint density at radius 1 is 0.897 bits per heavy atom. The Morgan fingerprint density at radius 3 is 2.48 bits per heavy atom. The topological polar surface area (TPSA) is 80.2 Å². The van der Waals surface area contributed by atoms with Crippen molar-refractivity contribution in [3.63, 3.8) is 0 Å². The molecule has 0 saturated carbocycles. The van der Waals surface area contributed by atoms with Crippen LogP contribution in [0.15, 0.2) is 48.5 Å². The van der Waals surface area contributed by atoms with E-state index in [0.717, 1.165) is 33.5 Å². The second-order valence-corrected chi connectivity index (χ2v) is 7.09. The second kappa shape index (κ2) is 7.39. The number of aromatic hydroxyl groups is 1. The van der Waals surface area contributed by atoms with Gasteiger partial charge in [0.05, 0.1) is 12.6 Å². The van der Waals surface area contributed by atoms with Gasteiger partial charge in [0, 0.05) is 11.8 Å². The van der Waals surface area contributed by atoms with E-state index in [0.29, 0.717) is 17.2 Å². The van der Waals surface area contributed by atoms with E-state index in [1.165, 1.54) is 5.56 Å². The van der Waals surface area contributed by atoms with Crippen LogP contribution in [0, 0.1) is 20.8 Å². The highest BCUT2D eigenvalue weighted by Crippen LogP contribution is 2.32. The van der Waals surface area contributed by atoms with Crippen LogP contribution in [0.25, 0.3) is 22.2 Å². The second-order valence-electron chi connectivity index (χ2n) is 7.09. The molecule has 0 aliphatic rings. The molecule has 0 radical (unpaired) electrons. The van der Waals surface area contributed by atoms with Crippen molar-refractivity contribution in [1.29, 1.82) is 0 Å². The number of hydrogen-bond acceptors (Lipinski definition) is 6. The highest BCUT2D eigenvalue weighted by molar-refractivity contribution is 5.85. The number of hydrogen-bond donors (Lipinski definition) is 2. The summed E-state index contributed by atoms with van der Waals surface area (Å²) in [6, 6.07) is 15.1. The van der Waals surface area contributed by atoms with E-state index < -0.39 is 0 Å². The van der Waals surface area contributed by atoms with Crippen molar-refractivity contribution >= 4 is 22.7 Å². The fraction of sp³-hybridized carbons (Fsp3) is 0.174. The molecular formula is C23H22N4O2. The first-order valence-corrected chi connectivity index (χ1v) is 9.31. The van der Waals surface area contributed by atoms with Gasteiger partial charge in [0.2, 0.25) is 5.95 Å². The number of nitrogens with one attached hydrogen (secondary N) is 1. The Labute approximate surface area is 169 Å². The summed E-state index contributed by atoms with van der Waals surface area (Å²) in [5.41, 5.74) is 7.51. The van der Waals surface area contributed by atoms with Crippen molar-refractivity contribution in [2.24, 2.45) is 0 Å². The van der Waals surface area contributed by atoms with Gasteiger partial charge in [0.15, 0.2) is 0 Å². The maximum absolute atomic E-state index is 9.96. The number of ether oxygens (including phenoxy) is 1. The molecule has 6 heteroatoms. The fourth-order valence-electron chi connectivity index (χ4n) is 3.31. The lowest BCUT2D eigenvalue weighted by atomic mass is 10.0. The van der Waals surface area contributed by atoms with Gasteiger partial charge < -0.3 is 15.2 Å². The van der Waals surface area contributed by atoms with Crippen molar-refractivity contribution in [2.75, 3.05) is 12.4 Å². The Morgan fingerprint density at radius 2 is 1.69 bits per heavy atom. The van der Waals surface area contributed by atoms with E-state index in [2.05, 4.69) is 40.4 Å². The van der Waals surface area contributed by atoms with Crippen LogP contribution in [-0.4, -0.2) is 27.4 Å². The molecule has 6 nitrogen and oxygen atoms in total. The molecule has 0 aliphatic carbocycles. The van der Waals surface area contributed by atoms with Crippen LogP contribution in [-0.2, 0) is 0 Å². The molecule has 0 amide bonds. The molecule has 4 rings (SSSR count). The van der Waals surface area contributed by atoms with Crippen LogP contribution < -0.4 is 10.1 Å². The molecule has 1 aromatic heterocycles. The van der Waals surface area contributed by atoms with Gasteiger partial charge in [-0.2, -0.15) is 0 Å². The zero-order valence-corrected chi connectivity index (χ0v) is 16.8. The van der Waals surface area contributed by atoms with Gasteiger partial charge in [0.1, 0.15) is 17.0 Å². The van der Waals surface area contributed by atoms with Gasteiger partial charge in [-0.1, -0.05) is 12.1 Å². The first-order valence-electron chi connectivity index (χ1n) is 9.31. The third kappa shape index (κ3) is 3.69. The van der Waals surface area contributed by atoms with Crippen molar-refractivity contribution < 1.29 is 9.84 Å². The number of benzene rings is 3. The molecule has 0 spiro atoms. The zero-order chi connectivity index (χ0) is 20.5.